The van der Waals surface area contributed by atoms with Crippen LogP contribution in [0.1, 0.15) is 37.9 Å². The van der Waals surface area contributed by atoms with Gasteiger partial charge < -0.3 is 10.0 Å². The Morgan fingerprint density at radius 2 is 2.16 bits per heavy atom. The smallest absolute Gasteiger partial charge is 0.328 e. The fraction of sp³-hybridized carbons (Fsp3) is 0.571. The molecule has 0 saturated carbocycles. The molecule has 0 aromatic carbocycles. The minimum atomic E-state index is -0.939. The molecular weight excluding hydrogens is 242 g/mol. The van der Waals surface area contributed by atoms with E-state index in [1.807, 2.05) is 18.7 Å². The third kappa shape index (κ3) is 3.84. The Balaban J connectivity index is 3.13. The highest BCUT2D eigenvalue weighted by Gasteiger charge is 2.16. The van der Waals surface area contributed by atoms with Crippen molar-refractivity contribution in [1.29, 1.82) is 0 Å². The van der Waals surface area contributed by atoms with E-state index < -0.39 is 5.97 Å². The fourth-order valence-corrected chi connectivity index (χ4v) is 2.15. The van der Waals surface area contributed by atoms with E-state index in [0.717, 1.165) is 43.0 Å². The summed E-state index contributed by atoms with van der Waals surface area (Å²) in [6, 6.07) is 0. The van der Waals surface area contributed by atoms with Gasteiger partial charge in [-0.3, -0.25) is 4.68 Å². The largest absolute Gasteiger partial charge is 0.478 e. The number of hydrogen-bond donors (Lipinski definition) is 1. The Bertz CT molecular complexity index is 464. The SMILES string of the molecule is CCCCN(CC)c1c(/C=C/C(=O)O)c(C)nn1C. The van der Waals surface area contributed by atoms with Gasteiger partial charge in [-0.1, -0.05) is 13.3 Å². The van der Waals surface area contributed by atoms with E-state index in [1.165, 1.54) is 6.08 Å². The van der Waals surface area contributed by atoms with Crippen molar-refractivity contribution in [2.45, 2.75) is 33.6 Å². The van der Waals surface area contributed by atoms with Crippen LogP contribution in [0.4, 0.5) is 5.82 Å². The molecule has 0 fully saturated rings. The average Bonchev–Trinajstić information content (AvgIpc) is 2.63. The summed E-state index contributed by atoms with van der Waals surface area (Å²) < 4.78 is 1.83. The van der Waals surface area contributed by atoms with Crippen LogP contribution in [0.3, 0.4) is 0 Å². The Labute approximate surface area is 114 Å². The van der Waals surface area contributed by atoms with Gasteiger partial charge in [-0.05, 0) is 26.3 Å². The first-order valence-corrected chi connectivity index (χ1v) is 6.70. The van der Waals surface area contributed by atoms with E-state index in [9.17, 15) is 4.79 Å². The second-order valence-electron chi connectivity index (χ2n) is 4.55. The Kier molecular flexibility index (Phi) is 5.60. The summed E-state index contributed by atoms with van der Waals surface area (Å²) in [7, 11) is 1.90. The summed E-state index contributed by atoms with van der Waals surface area (Å²) in [5.74, 6) is 0.0526. The molecule has 0 unspecified atom stereocenters. The summed E-state index contributed by atoms with van der Waals surface area (Å²) >= 11 is 0. The number of nitrogens with zero attached hydrogens (tertiary/aromatic N) is 3. The third-order valence-electron chi connectivity index (χ3n) is 3.09. The number of aliphatic carboxylic acids is 1. The topological polar surface area (TPSA) is 58.4 Å². The van der Waals surface area contributed by atoms with Crippen molar-refractivity contribution in [2.24, 2.45) is 7.05 Å². The summed E-state index contributed by atoms with van der Waals surface area (Å²) in [5, 5.41) is 13.2. The van der Waals surface area contributed by atoms with Gasteiger partial charge in [0.2, 0.25) is 0 Å². The van der Waals surface area contributed by atoms with Crippen molar-refractivity contribution in [3.05, 3.63) is 17.3 Å². The standard InChI is InChI=1S/C14H23N3O2/c1-5-7-10-17(6-2)14-12(8-9-13(18)19)11(3)15-16(14)4/h8-9H,5-7,10H2,1-4H3,(H,18,19)/b9-8+. The predicted octanol–water partition coefficient (Wildman–Crippen LogP) is 2.45. The van der Waals surface area contributed by atoms with Crippen LogP contribution < -0.4 is 4.90 Å². The molecule has 0 amide bonds. The summed E-state index contributed by atoms with van der Waals surface area (Å²) in [4.78, 5) is 12.9. The van der Waals surface area contributed by atoms with Gasteiger partial charge in [0.25, 0.3) is 0 Å². The molecule has 1 heterocycles. The van der Waals surface area contributed by atoms with Gasteiger partial charge in [-0.15, -0.1) is 0 Å². The first-order chi connectivity index (χ1) is 9.01. The van der Waals surface area contributed by atoms with Crippen LogP contribution in [0.2, 0.25) is 0 Å². The highest BCUT2D eigenvalue weighted by molar-refractivity contribution is 5.87. The highest BCUT2D eigenvalue weighted by atomic mass is 16.4. The molecule has 0 radical (unpaired) electrons. The predicted molar refractivity (Wildman–Crippen MR) is 77.4 cm³/mol. The molecule has 0 saturated heterocycles. The van der Waals surface area contributed by atoms with Gasteiger partial charge in [0.1, 0.15) is 5.82 Å². The maximum Gasteiger partial charge on any atom is 0.328 e. The molecule has 0 atom stereocenters. The number of aromatic nitrogens is 2. The Morgan fingerprint density at radius 1 is 1.47 bits per heavy atom. The lowest BCUT2D eigenvalue weighted by Crippen LogP contribution is -2.26. The van der Waals surface area contributed by atoms with Crippen LogP contribution in [0.25, 0.3) is 6.08 Å². The molecule has 0 aliphatic rings. The zero-order valence-corrected chi connectivity index (χ0v) is 12.2. The molecule has 19 heavy (non-hydrogen) atoms. The molecule has 0 aliphatic heterocycles. The van der Waals surface area contributed by atoms with Crippen LogP contribution >= 0.6 is 0 Å². The summed E-state index contributed by atoms with van der Waals surface area (Å²) in [6.07, 6.45) is 5.05. The molecule has 0 aliphatic carbocycles. The maximum atomic E-state index is 10.7. The lowest BCUT2D eigenvalue weighted by molar-refractivity contribution is -0.131. The number of carboxylic acid groups (broad SMARTS) is 1. The van der Waals surface area contributed by atoms with Crippen molar-refractivity contribution in [3.63, 3.8) is 0 Å². The van der Waals surface area contributed by atoms with Crippen LogP contribution in [-0.4, -0.2) is 33.9 Å². The van der Waals surface area contributed by atoms with Gasteiger partial charge in [0, 0.05) is 31.8 Å². The molecule has 5 nitrogen and oxygen atoms in total. The molecule has 1 aromatic rings. The first-order valence-electron chi connectivity index (χ1n) is 6.70. The third-order valence-corrected chi connectivity index (χ3v) is 3.09. The highest BCUT2D eigenvalue weighted by Crippen LogP contribution is 2.25. The maximum absolute atomic E-state index is 10.7. The summed E-state index contributed by atoms with van der Waals surface area (Å²) in [5.41, 5.74) is 1.74. The molecule has 1 N–H and O–H groups in total. The monoisotopic (exact) mass is 265 g/mol. The summed E-state index contributed by atoms with van der Waals surface area (Å²) in [6.45, 7) is 8.00. The number of anilines is 1. The molecular formula is C14H23N3O2. The van der Waals surface area contributed by atoms with Crippen molar-refractivity contribution >= 4 is 17.9 Å². The molecule has 106 valence electrons. The molecule has 1 rings (SSSR count). The van der Waals surface area contributed by atoms with E-state index in [2.05, 4.69) is 23.8 Å². The second-order valence-corrected chi connectivity index (χ2v) is 4.55. The van der Waals surface area contributed by atoms with Gasteiger partial charge in [-0.25, -0.2) is 4.79 Å². The van der Waals surface area contributed by atoms with Gasteiger partial charge in [-0.2, -0.15) is 5.10 Å². The van der Waals surface area contributed by atoms with Crippen molar-refractivity contribution in [3.8, 4) is 0 Å². The van der Waals surface area contributed by atoms with Crippen LogP contribution in [0, 0.1) is 6.92 Å². The van der Waals surface area contributed by atoms with Crippen LogP contribution in [0.15, 0.2) is 6.08 Å². The number of unbranched alkanes of at least 4 members (excludes halogenated alkanes) is 1. The lowest BCUT2D eigenvalue weighted by atomic mass is 10.2. The lowest BCUT2D eigenvalue weighted by Gasteiger charge is -2.23. The average molecular weight is 265 g/mol. The zero-order chi connectivity index (χ0) is 14.4. The van der Waals surface area contributed by atoms with Crippen LogP contribution in [0.5, 0.6) is 0 Å². The van der Waals surface area contributed by atoms with Gasteiger partial charge in [0.15, 0.2) is 0 Å². The van der Waals surface area contributed by atoms with E-state index >= 15 is 0 Å². The van der Waals surface area contributed by atoms with Gasteiger partial charge in [0.05, 0.1) is 5.69 Å². The molecule has 1 aromatic heterocycles. The molecule has 5 heteroatoms. The number of carbonyl (C=O) groups is 1. The Morgan fingerprint density at radius 3 is 2.68 bits per heavy atom. The number of rotatable bonds is 7. The number of hydrogen-bond acceptors (Lipinski definition) is 3. The Hall–Kier alpha value is -1.78. The van der Waals surface area contributed by atoms with Gasteiger partial charge >= 0.3 is 5.97 Å². The van der Waals surface area contributed by atoms with E-state index in [-0.39, 0.29) is 0 Å². The zero-order valence-electron chi connectivity index (χ0n) is 12.2. The van der Waals surface area contributed by atoms with E-state index in [4.69, 9.17) is 5.11 Å². The normalized spacial score (nSPS) is 11.2. The quantitative estimate of drug-likeness (QED) is 0.769. The minimum absolute atomic E-state index is 0.852. The van der Waals surface area contributed by atoms with Crippen molar-refractivity contribution in [1.82, 2.24) is 9.78 Å². The fourth-order valence-electron chi connectivity index (χ4n) is 2.15. The van der Waals surface area contributed by atoms with E-state index in [0.29, 0.717) is 0 Å². The molecule has 0 spiro atoms. The molecule has 0 bridgehead atoms. The number of carboxylic acids is 1. The van der Waals surface area contributed by atoms with E-state index in [1.54, 1.807) is 6.08 Å². The van der Waals surface area contributed by atoms with Crippen molar-refractivity contribution < 1.29 is 9.90 Å². The van der Waals surface area contributed by atoms with Crippen molar-refractivity contribution in [2.75, 3.05) is 18.0 Å². The second kappa shape index (κ2) is 6.97. The van der Waals surface area contributed by atoms with Crippen LogP contribution in [-0.2, 0) is 11.8 Å². The minimum Gasteiger partial charge on any atom is -0.478 e. The first kappa shape index (κ1) is 15.3. The number of aryl methyl sites for hydroxylation is 2.